The smallest absolute Gasteiger partial charge is 0.323 e. The van der Waals surface area contributed by atoms with Gasteiger partial charge in [0.15, 0.2) is 5.92 Å². The van der Waals surface area contributed by atoms with Gasteiger partial charge in [-0.15, -0.1) is 0 Å². The predicted octanol–water partition coefficient (Wildman–Crippen LogP) is 1.67. The first-order valence-corrected chi connectivity index (χ1v) is 7.06. The molecule has 0 aromatic rings. The maximum atomic E-state index is 12.0. The summed E-state index contributed by atoms with van der Waals surface area (Å²) >= 11 is 0. The molecule has 0 heterocycles. The molecule has 5 heteroatoms. The van der Waals surface area contributed by atoms with Gasteiger partial charge in [0, 0.05) is 0 Å². The van der Waals surface area contributed by atoms with Gasteiger partial charge in [0.25, 0.3) is 0 Å². The maximum Gasteiger partial charge on any atom is 0.323 e. The van der Waals surface area contributed by atoms with E-state index in [1.807, 2.05) is 6.92 Å². The van der Waals surface area contributed by atoms with Gasteiger partial charge in [-0.05, 0) is 32.6 Å². The monoisotopic (exact) mass is 272 g/mol. The van der Waals surface area contributed by atoms with E-state index in [0.717, 1.165) is 19.3 Å². The van der Waals surface area contributed by atoms with Crippen molar-refractivity contribution in [3.63, 3.8) is 0 Å². The Morgan fingerprint density at radius 2 is 1.74 bits per heavy atom. The number of carbonyl (C=O) groups excluding carboxylic acids is 2. The van der Waals surface area contributed by atoms with Crippen molar-refractivity contribution in [2.24, 2.45) is 11.8 Å². The molecule has 2 unspecified atom stereocenters. The third-order valence-electron chi connectivity index (χ3n) is 3.87. The molecular formula is C14H24O5. The van der Waals surface area contributed by atoms with Crippen LogP contribution < -0.4 is 0 Å². The highest BCUT2D eigenvalue weighted by atomic mass is 16.6. The zero-order chi connectivity index (χ0) is 14.5. The normalized spacial score (nSPS) is 26.5. The molecule has 5 nitrogen and oxygen atoms in total. The minimum atomic E-state index is -1.33. The zero-order valence-corrected chi connectivity index (χ0v) is 12.0. The van der Waals surface area contributed by atoms with E-state index in [4.69, 9.17) is 9.47 Å². The van der Waals surface area contributed by atoms with Gasteiger partial charge in [-0.2, -0.15) is 0 Å². The third-order valence-corrected chi connectivity index (χ3v) is 3.87. The van der Waals surface area contributed by atoms with E-state index in [1.54, 1.807) is 13.8 Å². The first-order chi connectivity index (χ1) is 9.01. The van der Waals surface area contributed by atoms with Gasteiger partial charge in [-0.1, -0.05) is 19.8 Å². The summed E-state index contributed by atoms with van der Waals surface area (Å²) < 4.78 is 9.88. The van der Waals surface area contributed by atoms with Crippen molar-refractivity contribution < 1.29 is 24.2 Å². The Labute approximate surface area is 114 Å². The van der Waals surface area contributed by atoms with Crippen molar-refractivity contribution in [3.05, 3.63) is 0 Å². The minimum absolute atomic E-state index is 0.0636. The first kappa shape index (κ1) is 16.0. The molecule has 0 aromatic carbocycles. The number of carbonyl (C=O) groups is 2. The highest BCUT2D eigenvalue weighted by molar-refractivity contribution is 5.96. The Morgan fingerprint density at radius 1 is 1.21 bits per heavy atom. The molecule has 110 valence electrons. The molecule has 0 radical (unpaired) electrons. The van der Waals surface area contributed by atoms with Crippen LogP contribution in [0.25, 0.3) is 0 Å². The minimum Gasteiger partial charge on any atom is -0.465 e. The van der Waals surface area contributed by atoms with Crippen molar-refractivity contribution in [2.45, 2.75) is 52.1 Å². The van der Waals surface area contributed by atoms with E-state index in [2.05, 4.69) is 0 Å². The molecule has 1 saturated carbocycles. The lowest BCUT2D eigenvalue weighted by Gasteiger charge is -2.34. The van der Waals surface area contributed by atoms with Crippen LogP contribution in [0.4, 0.5) is 0 Å². The van der Waals surface area contributed by atoms with Crippen LogP contribution in [0.1, 0.15) is 46.5 Å². The lowest BCUT2D eigenvalue weighted by molar-refractivity contribution is -0.178. The second kappa shape index (κ2) is 6.89. The molecule has 2 atom stereocenters. The Bertz CT molecular complexity index is 310. The van der Waals surface area contributed by atoms with Gasteiger partial charge in [0.1, 0.15) is 0 Å². The summed E-state index contributed by atoms with van der Waals surface area (Å²) in [6.07, 6.45) is 2.80. The summed E-state index contributed by atoms with van der Waals surface area (Å²) in [5.41, 5.74) is -1.33. The Balaban J connectivity index is 3.01. The van der Waals surface area contributed by atoms with Crippen LogP contribution >= 0.6 is 0 Å². The highest BCUT2D eigenvalue weighted by Gasteiger charge is 2.54. The molecule has 1 aliphatic carbocycles. The van der Waals surface area contributed by atoms with Crippen molar-refractivity contribution in [1.29, 1.82) is 0 Å². The Morgan fingerprint density at radius 3 is 2.16 bits per heavy atom. The Kier molecular flexibility index (Phi) is 5.79. The third kappa shape index (κ3) is 3.26. The van der Waals surface area contributed by atoms with Gasteiger partial charge >= 0.3 is 11.9 Å². The number of rotatable bonds is 6. The molecule has 0 amide bonds. The average Bonchev–Trinajstić information content (AvgIpc) is 2.71. The molecule has 0 spiro atoms. The molecule has 1 aliphatic rings. The van der Waals surface area contributed by atoms with Gasteiger partial charge < -0.3 is 14.6 Å². The summed E-state index contributed by atoms with van der Waals surface area (Å²) in [6, 6.07) is 0. The molecule has 1 N–H and O–H groups in total. The SMILES string of the molecule is CCOC(=O)C(C(=O)OCC)C1(O)CCCC1CC. The summed E-state index contributed by atoms with van der Waals surface area (Å²) in [7, 11) is 0. The topological polar surface area (TPSA) is 72.8 Å². The number of hydrogen-bond acceptors (Lipinski definition) is 5. The van der Waals surface area contributed by atoms with Crippen LogP contribution in [0.5, 0.6) is 0 Å². The van der Waals surface area contributed by atoms with Crippen LogP contribution in [0.2, 0.25) is 0 Å². The van der Waals surface area contributed by atoms with Crippen molar-refractivity contribution in [2.75, 3.05) is 13.2 Å². The van der Waals surface area contributed by atoms with Gasteiger partial charge in [0.05, 0.1) is 18.8 Å². The largest absolute Gasteiger partial charge is 0.465 e. The predicted molar refractivity (Wildman–Crippen MR) is 69.3 cm³/mol. The van der Waals surface area contributed by atoms with Crippen molar-refractivity contribution in [3.8, 4) is 0 Å². The second-order valence-electron chi connectivity index (χ2n) is 4.93. The molecule has 19 heavy (non-hydrogen) atoms. The molecule has 0 bridgehead atoms. The van der Waals surface area contributed by atoms with Crippen LogP contribution in [-0.4, -0.2) is 35.9 Å². The fourth-order valence-corrected chi connectivity index (χ4v) is 2.98. The van der Waals surface area contributed by atoms with Gasteiger partial charge in [-0.25, -0.2) is 0 Å². The fraction of sp³-hybridized carbons (Fsp3) is 0.857. The second-order valence-corrected chi connectivity index (χ2v) is 4.93. The van der Waals surface area contributed by atoms with Gasteiger partial charge in [-0.3, -0.25) is 9.59 Å². The van der Waals surface area contributed by atoms with E-state index in [1.165, 1.54) is 0 Å². The maximum absolute atomic E-state index is 12.0. The number of hydrogen-bond donors (Lipinski definition) is 1. The number of esters is 2. The zero-order valence-electron chi connectivity index (χ0n) is 12.0. The summed E-state index contributed by atoms with van der Waals surface area (Å²) in [5, 5.41) is 10.8. The first-order valence-electron chi connectivity index (χ1n) is 7.06. The molecule has 0 aliphatic heterocycles. The van der Waals surface area contributed by atoms with E-state index in [0.29, 0.717) is 6.42 Å². The van der Waals surface area contributed by atoms with Crippen LogP contribution in [0.3, 0.4) is 0 Å². The lowest BCUT2D eigenvalue weighted by atomic mass is 9.77. The summed E-state index contributed by atoms with van der Waals surface area (Å²) in [6.45, 7) is 5.67. The average molecular weight is 272 g/mol. The fourth-order valence-electron chi connectivity index (χ4n) is 2.98. The number of ether oxygens (including phenoxy) is 2. The van der Waals surface area contributed by atoms with Crippen LogP contribution in [0.15, 0.2) is 0 Å². The Hall–Kier alpha value is -1.10. The van der Waals surface area contributed by atoms with Crippen molar-refractivity contribution >= 4 is 11.9 Å². The standard InChI is InChI=1S/C14H24O5/c1-4-10-8-7-9-14(10,17)11(12(15)18-5-2)13(16)19-6-3/h10-11,17H,4-9H2,1-3H3. The van der Waals surface area contributed by atoms with Crippen LogP contribution in [0, 0.1) is 11.8 Å². The van der Waals surface area contributed by atoms with Crippen LogP contribution in [-0.2, 0) is 19.1 Å². The number of aliphatic hydroxyl groups is 1. The highest BCUT2D eigenvalue weighted by Crippen LogP contribution is 2.43. The molecule has 0 saturated heterocycles. The van der Waals surface area contributed by atoms with E-state index in [9.17, 15) is 14.7 Å². The van der Waals surface area contributed by atoms with E-state index in [-0.39, 0.29) is 19.1 Å². The molecule has 1 fully saturated rings. The van der Waals surface area contributed by atoms with Gasteiger partial charge in [0.2, 0.25) is 0 Å². The summed E-state index contributed by atoms with van der Waals surface area (Å²) in [4.78, 5) is 24.1. The summed E-state index contributed by atoms with van der Waals surface area (Å²) in [5.74, 6) is -2.64. The molecular weight excluding hydrogens is 248 g/mol. The lowest BCUT2D eigenvalue weighted by Crippen LogP contribution is -2.50. The van der Waals surface area contributed by atoms with E-state index >= 15 is 0 Å². The van der Waals surface area contributed by atoms with Crippen molar-refractivity contribution in [1.82, 2.24) is 0 Å². The quantitative estimate of drug-likeness (QED) is 0.588. The van der Waals surface area contributed by atoms with E-state index < -0.39 is 23.5 Å². The molecule has 0 aromatic heterocycles. The molecule has 1 rings (SSSR count).